The van der Waals surface area contributed by atoms with Crippen LogP contribution in [-0.4, -0.2) is 36.2 Å². The van der Waals surface area contributed by atoms with Crippen LogP contribution in [0.5, 0.6) is 0 Å². The molecule has 0 aromatic carbocycles. The van der Waals surface area contributed by atoms with Gasteiger partial charge in [-0.1, -0.05) is 11.6 Å². The molecule has 0 amide bonds. The van der Waals surface area contributed by atoms with Crippen LogP contribution < -0.4 is 0 Å². The first-order valence-electron chi connectivity index (χ1n) is 7.06. The monoisotopic (exact) mass is 295 g/mol. The molecule has 0 N–H and O–H groups in total. The number of hydrogen-bond donors (Lipinski definition) is 0. The Balaban J connectivity index is 1.73. The zero-order valence-corrected chi connectivity index (χ0v) is 12.1. The van der Waals surface area contributed by atoms with Gasteiger partial charge in [0, 0.05) is 31.9 Å². The molecule has 2 aliphatic heterocycles. The Hall–Kier alpha value is -0.970. The van der Waals surface area contributed by atoms with Gasteiger partial charge in [-0.2, -0.15) is 0 Å². The summed E-state index contributed by atoms with van der Waals surface area (Å²) in [6.07, 6.45) is 4.83. The highest BCUT2D eigenvalue weighted by Gasteiger charge is 2.41. The maximum Gasteiger partial charge on any atom is 0.184 e. The van der Waals surface area contributed by atoms with Gasteiger partial charge in [0.05, 0.1) is 10.6 Å². The second-order valence-corrected chi connectivity index (χ2v) is 6.00. The Morgan fingerprint density at radius 3 is 2.80 bits per heavy atom. The lowest BCUT2D eigenvalue weighted by Crippen LogP contribution is -2.46. The van der Waals surface area contributed by atoms with Crippen molar-refractivity contribution in [3.63, 3.8) is 0 Å². The molecular weight excluding hydrogens is 278 g/mol. The van der Waals surface area contributed by atoms with Crippen LogP contribution in [0.3, 0.4) is 0 Å². The van der Waals surface area contributed by atoms with Crippen LogP contribution >= 0.6 is 11.6 Å². The van der Waals surface area contributed by atoms with Crippen molar-refractivity contribution in [2.75, 3.05) is 19.8 Å². The normalized spacial score (nSPS) is 25.6. The number of aromatic nitrogens is 1. The van der Waals surface area contributed by atoms with E-state index in [4.69, 9.17) is 21.1 Å². The van der Waals surface area contributed by atoms with Gasteiger partial charge < -0.3 is 9.47 Å². The van der Waals surface area contributed by atoms with Crippen molar-refractivity contribution in [3.05, 3.63) is 29.0 Å². The van der Waals surface area contributed by atoms with Gasteiger partial charge in [0.15, 0.2) is 5.78 Å². The summed E-state index contributed by atoms with van der Waals surface area (Å²) < 4.78 is 11.4. The lowest BCUT2D eigenvalue weighted by Gasteiger charge is -2.42. The molecule has 0 aliphatic carbocycles. The molecule has 2 saturated heterocycles. The van der Waals surface area contributed by atoms with Crippen LogP contribution in [0.1, 0.15) is 36.2 Å². The molecule has 2 aliphatic rings. The summed E-state index contributed by atoms with van der Waals surface area (Å²) in [5, 5.41) is 0.550. The van der Waals surface area contributed by atoms with Crippen LogP contribution in [0.25, 0.3) is 0 Å². The van der Waals surface area contributed by atoms with Gasteiger partial charge in [-0.3, -0.25) is 9.78 Å². The molecule has 0 bridgehead atoms. The molecular formula is C15H18ClNO3. The van der Waals surface area contributed by atoms with E-state index in [9.17, 15) is 4.79 Å². The second kappa shape index (κ2) is 5.80. The second-order valence-electron chi connectivity index (χ2n) is 5.56. The summed E-state index contributed by atoms with van der Waals surface area (Å²) >= 11 is 5.81. The molecule has 1 aromatic heterocycles. The van der Waals surface area contributed by atoms with Crippen molar-refractivity contribution >= 4 is 17.4 Å². The lowest BCUT2D eigenvalue weighted by molar-refractivity contribution is -0.142. The highest BCUT2D eigenvalue weighted by atomic mass is 35.5. The third kappa shape index (κ3) is 2.87. The third-order valence-electron chi connectivity index (χ3n) is 4.25. The standard InChI is InChI=1S/C15H18ClNO3/c16-12-1-2-13(17-10-12)14(18)11-3-6-20-15(9-11)4-7-19-8-5-15/h1-2,10-11H,3-9H2. The number of rotatable bonds is 2. The topological polar surface area (TPSA) is 48.4 Å². The SMILES string of the molecule is O=C(c1ccc(Cl)cn1)C1CCOC2(CCOCC2)C1. The van der Waals surface area contributed by atoms with E-state index in [0.29, 0.717) is 17.3 Å². The van der Waals surface area contributed by atoms with Crippen LogP contribution in [0.15, 0.2) is 18.3 Å². The number of pyridine rings is 1. The molecule has 3 rings (SSSR count). The summed E-state index contributed by atoms with van der Waals surface area (Å²) in [5.74, 6) is 0.103. The smallest absolute Gasteiger partial charge is 0.184 e. The summed E-state index contributed by atoms with van der Waals surface area (Å²) in [6.45, 7) is 2.09. The lowest BCUT2D eigenvalue weighted by atomic mass is 9.78. The number of Topliss-reactive ketones (excluding diaryl/α,β-unsaturated/α-hetero) is 1. The van der Waals surface area contributed by atoms with Crippen molar-refractivity contribution in [1.82, 2.24) is 4.98 Å². The molecule has 0 radical (unpaired) electrons. The van der Waals surface area contributed by atoms with Crippen LogP contribution in [0.2, 0.25) is 5.02 Å². The Kier molecular flexibility index (Phi) is 4.06. The van der Waals surface area contributed by atoms with Crippen LogP contribution in [-0.2, 0) is 9.47 Å². The van der Waals surface area contributed by atoms with E-state index in [1.54, 1.807) is 12.1 Å². The van der Waals surface area contributed by atoms with Gasteiger partial charge in [-0.15, -0.1) is 0 Å². The summed E-state index contributed by atoms with van der Waals surface area (Å²) in [7, 11) is 0. The number of hydrogen-bond acceptors (Lipinski definition) is 4. The van der Waals surface area contributed by atoms with Gasteiger partial charge in [-0.05, 0) is 37.8 Å². The first-order chi connectivity index (χ1) is 9.69. The molecule has 5 heteroatoms. The van der Waals surface area contributed by atoms with Crippen LogP contribution in [0, 0.1) is 5.92 Å². The molecule has 108 valence electrons. The predicted octanol–water partition coefficient (Wildman–Crippen LogP) is 2.89. The van der Waals surface area contributed by atoms with E-state index >= 15 is 0 Å². The molecule has 20 heavy (non-hydrogen) atoms. The van der Waals surface area contributed by atoms with E-state index in [2.05, 4.69) is 4.98 Å². The maximum atomic E-state index is 12.5. The minimum Gasteiger partial charge on any atom is -0.381 e. The van der Waals surface area contributed by atoms with E-state index in [1.165, 1.54) is 6.20 Å². The summed E-state index contributed by atoms with van der Waals surface area (Å²) in [5.41, 5.74) is 0.340. The van der Waals surface area contributed by atoms with E-state index < -0.39 is 0 Å². The number of carbonyl (C=O) groups excluding carboxylic acids is 1. The number of carbonyl (C=O) groups is 1. The fraction of sp³-hybridized carbons (Fsp3) is 0.600. The largest absolute Gasteiger partial charge is 0.381 e. The Bertz CT molecular complexity index is 477. The average molecular weight is 296 g/mol. The highest BCUT2D eigenvalue weighted by molar-refractivity contribution is 6.30. The fourth-order valence-electron chi connectivity index (χ4n) is 3.07. The van der Waals surface area contributed by atoms with Crippen LogP contribution in [0.4, 0.5) is 0 Å². The molecule has 2 fully saturated rings. The van der Waals surface area contributed by atoms with Crippen molar-refractivity contribution in [3.8, 4) is 0 Å². The Labute approximate surface area is 123 Å². The van der Waals surface area contributed by atoms with Crippen molar-refractivity contribution in [2.45, 2.75) is 31.3 Å². The molecule has 1 atom stereocenters. The minimum absolute atomic E-state index is 0.00414. The molecule has 1 spiro atoms. The third-order valence-corrected chi connectivity index (χ3v) is 4.47. The zero-order chi connectivity index (χ0) is 14.0. The molecule has 3 heterocycles. The number of ether oxygens (including phenoxy) is 2. The van der Waals surface area contributed by atoms with Crippen molar-refractivity contribution in [2.24, 2.45) is 5.92 Å². The molecule has 4 nitrogen and oxygen atoms in total. The predicted molar refractivity (Wildman–Crippen MR) is 75.0 cm³/mol. The molecule has 0 saturated carbocycles. The van der Waals surface area contributed by atoms with Crippen molar-refractivity contribution < 1.29 is 14.3 Å². The van der Waals surface area contributed by atoms with Crippen molar-refractivity contribution in [1.29, 1.82) is 0 Å². The molecule has 1 aromatic rings. The summed E-state index contributed by atoms with van der Waals surface area (Å²) in [6, 6.07) is 3.42. The minimum atomic E-state index is -0.163. The quantitative estimate of drug-likeness (QED) is 0.787. The number of ketones is 1. The fourth-order valence-corrected chi connectivity index (χ4v) is 3.19. The molecule has 1 unspecified atom stereocenters. The Morgan fingerprint density at radius 1 is 1.30 bits per heavy atom. The van der Waals surface area contributed by atoms with Gasteiger partial charge >= 0.3 is 0 Å². The number of nitrogens with zero attached hydrogens (tertiary/aromatic N) is 1. The van der Waals surface area contributed by atoms with Gasteiger partial charge in [0.25, 0.3) is 0 Å². The van der Waals surface area contributed by atoms with E-state index in [1.807, 2.05) is 0 Å². The van der Waals surface area contributed by atoms with Gasteiger partial charge in [-0.25, -0.2) is 0 Å². The van der Waals surface area contributed by atoms with E-state index in [-0.39, 0.29) is 17.3 Å². The summed E-state index contributed by atoms with van der Waals surface area (Å²) in [4.78, 5) is 16.7. The maximum absolute atomic E-state index is 12.5. The zero-order valence-electron chi connectivity index (χ0n) is 11.3. The van der Waals surface area contributed by atoms with E-state index in [0.717, 1.165) is 38.9 Å². The highest BCUT2D eigenvalue weighted by Crippen LogP contribution is 2.38. The first-order valence-corrected chi connectivity index (χ1v) is 7.44. The first kappa shape index (κ1) is 14.0. The average Bonchev–Trinajstić information content (AvgIpc) is 2.48. The van der Waals surface area contributed by atoms with Gasteiger partial charge in [0.1, 0.15) is 5.69 Å². The number of halogens is 1. The Morgan fingerprint density at radius 2 is 2.10 bits per heavy atom. The van der Waals surface area contributed by atoms with Gasteiger partial charge in [0.2, 0.25) is 0 Å².